The van der Waals surface area contributed by atoms with E-state index < -0.39 is 0 Å². The highest BCUT2D eigenvalue weighted by molar-refractivity contribution is 5.99. The maximum atomic E-state index is 2.40. The molecule has 2 heteroatoms. The fraction of sp³-hybridized carbons (Fsp3) is 0.100. The maximum Gasteiger partial charge on any atom is 0.0564 e. The normalized spacial score (nSPS) is 11.2. The van der Waals surface area contributed by atoms with E-state index in [9.17, 15) is 0 Å². The maximum absolute atomic E-state index is 2.40. The van der Waals surface area contributed by atoms with Gasteiger partial charge in [0.2, 0.25) is 0 Å². The van der Waals surface area contributed by atoms with Gasteiger partial charge in [-0.1, -0.05) is 124 Å². The van der Waals surface area contributed by atoms with Gasteiger partial charge in [-0.25, -0.2) is 0 Å². The van der Waals surface area contributed by atoms with Crippen molar-refractivity contribution >= 4 is 34.1 Å². The first-order valence-corrected chi connectivity index (χ1v) is 14.5. The Hall–Kier alpha value is -5.08. The molecule has 0 aliphatic carbocycles. The lowest BCUT2D eigenvalue weighted by molar-refractivity contribution is 0.590. The molecule has 0 aliphatic heterocycles. The summed E-state index contributed by atoms with van der Waals surface area (Å²) < 4.78 is 0. The van der Waals surface area contributed by atoms with E-state index in [1.54, 1.807) is 0 Å². The van der Waals surface area contributed by atoms with Crippen molar-refractivity contribution in [2.24, 2.45) is 0 Å². The molecule has 0 atom stereocenters. The molecule has 0 bridgehead atoms. The van der Waals surface area contributed by atoms with E-state index in [4.69, 9.17) is 0 Å². The van der Waals surface area contributed by atoms with Gasteiger partial charge in [0.05, 0.1) is 11.4 Å². The first-order valence-electron chi connectivity index (χ1n) is 14.5. The zero-order valence-electron chi connectivity index (χ0n) is 24.5. The predicted molar refractivity (Wildman–Crippen MR) is 180 cm³/mol. The third-order valence-electron chi connectivity index (χ3n) is 7.56. The van der Waals surface area contributed by atoms with E-state index >= 15 is 0 Å². The van der Waals surface area contributed by atoms with Crippen molar-refractivity contribution in [3.05, 3.63) is 169 Å². The predicted octanol–water partition coefficient (Wildman–Crippen LogP) is 11.6. The summed E-state index contributed by atoms with van der Waals surface area (Å²) in [6, 6.07) is 58.3. The molecule has 2 nitrogen and oxygen atoms in total. The van der Waals surface area contributed by atoms with E-state index in [0.29, 0.717) is 0 Å². The van der Waals surface area contributed by atoms with Crippen LogP contribution in [0.1, 0.15) is 26.3 Å². The van der Waals surface area contributed by atoms with Gasteiger partial charge in [-0.05, 0) is 77.2 Å². The Kier molecular flexibility index (Phi) is 7.62. The van der Waals surface area contributed by atoms with Gasteiger partial charge in [0.15, 0.2) is 0 Å². The fourth-order valence-corrected chi connectivity index (χ4v) is 5.46. The van der Waals surface area contributed by atoms with Crippen LogP contribution in [0.15, 0.2) is 164 Å². The standard InChI is InChI=1S/C40H36N2/c1-40(2,3)32-29-37(41(33-21-11-5-12-22-33)34-23-13-6-14-24-34)39(31-19-9-4-10-20-31)38(30-32)42(35-25-15-7-16-26-35)36-27-17-8-18-28-36/h4-30H,1-3H3. The molecule has 0 heterocycles. The Morgan fingerprint density at radius 2 is 0.667 bits per heavy atom. The lowest BCUT2D eigenvalue weighted by atomic mass is 9.84. The first-order chi connectivity index (χ1) is 20.5. The van der Waals surface area contributed by atoms with E-state index in [1.807, 2.05) is 0 Å². The summed E-state index contributed by atoms with van der Waals surface area (Å²) in [6.07, 6.45) is 0. The molecule has 0 saturated heterocycles. The molecule has 0 aliphatic rings. The molecule has 0 aromatic heterocycles. The molecule has 206 valence electrons. The summed E-state index contributed by atoms with van der Waals surface area (Å²) in [4.78, 5) is 4.80. The summed E-state index contributed by atoms with van der Waals surface area (Å²) in [5, 5.41) is 0. The second kappa shape index (κ2) is 11.8. The van der Waals surface area contributed by atoms with Crippen LogP contribution in [0.25, 0.3) is 11.1 Å². The van der Waals surface area contributed by atoms with Crippen molar-refractivity contribution in [2.45, 2.75) is 26.2 Å². The van der Waals surface area contributed by atoms with Crippen LogP contribution < -0.4 is 9.80 Å². The van der Waals surface area contributed by atoms with Crippen molar-refractivity contribution in [1.29, 1.82) is 0 Å². The molecule has 0 N–H and O–H groups in total. The average Bonchev–Trinajstić information content (AvgIpc) is 3.03. The molecule has 6 rings (SSSR count). The molecule has 0 spiro atoms. The molecule has 6 aromatic rings. The Morgan fingerprint density at radius 1 is 0.381 bits per heavy atom. The Morgan fingerprint density at radius 3 is 0.952 bits per heavy atom. The number of hydrogen-bond acceptors (Lipinski definition) is 2. The van der Waals surface area contributed by atoms with Crippen LogP contribution >= 0.6 is 0 Å². The van der Waals surface area contributed by atoms with Crippen LogP contribution in [0.3, 0.4) is 0 Å². The Balaban J connectivity index is 1.76. The van der Waals surface area contributed by atoms with E-state index in [2.05, 4.69) is 194 Å². The smallest absolute Gasteiger partial charge is 0.0564 e. The minimum atomic E-state index is -0.0865. The number of nitrogens with zero attached hydrogens (tertiary/aromatic N) is 2. The fourth-order valence-electron chi connectivity index (χ4n) is 5.46. The van der Waals surface area contributed by atoms with Gasteiger partial charge in [-0.3, -0.25) is 0 Å². The molecule has 42 heavy (non-hydrogen) atoms. The van der Waals surface area contributed by atoms with E-state index in [0.717, 1.165) is 39.7 Å². The second-order valence-electron chi connectivity index (χ2n) is 11.5. The van der Waals surface area contributed by atoms with Crippen molar-refractivity contribution in [3.8, 4) is 11.1 Å². The van der Waals surface area contributed by atoms with Crippen LogP contribution in [0.2, 0.25) is 0 Å². The van der Waals surface area contributed by atoms with Crippen LogP contribution in [0.4, 0.5) is 34.1 Å². The minimum absolute atomic E-state index is 0.0865. The van der Waals surface area contributed by atoms with Crippen LogP contribution in [0.5, 0.6) is 0 Å². The summed E-state index contributed by atoms with van der Waals surface area (Å²) in [7, 11) is 0. The lowest BCUT2D eigenvalue weighted by Gasteiger charge is -2.35. The highest BCUT2D eigenvalue weighted by atomic mass is 15.2. The van der Waals surface area contributed by atoms with E-state index in [-0.39, 0.29) is 5.41 Å². The number of benzene rings is 6. The van der Waals surface area contributed by atoms with Gasteiger partial charge in [-0.15, -0.1) is 0 Å². The zero-order valence-corrected chi connectivity index (χ0v) is 24.5. The molecular formula is C40H36N2. The van der Waals surface area contributed by atoms with Gasteiger partial charge < -0.3 is 9.80 Å². The molecule has 0 radical (unpaired) electrons. The van der Waals surface area contributed by atoms with Crippen molar-refractivity contribution in [2.75, 3.05) is 9.80 Å². The summed E-state index contributed by atoms with van der Waals surface area (Å²) in [6.45, 7) is 6.88. The van der Waals surface area contributed by atoms with Gasteiger partial charge in [-0.2, -0.15) is 0 Å². The highest BCUT2D eigenvalue weighted by Crippen LogP contribution is 2.50. The summed E-state index contributed by atoms with van der Waals surface area (Å²) >= 11 is 0. The van der Waals surface area contributed by atoms with Gasteiger partial charge in [0.1, 0.15) is 0 Å². The van der Waals surface area contributed by atoms with Gasteiger partial charge in [0.25, 0.3) is 0 Å². The summed E-state index contributed by atoms with van der Waals surface area (Å²) in [5.74, 6) is 0. The third kappa shape index (κ3) is 5.57. The van der Waals surface area contributed by atoms with E-state index in [1.165, 1.54) is 11.1 Å². The van der Waals surface area contributed by atoms with Crippen molar-refractivity contribution < 1.29 is 0 Å². The number of hydrogen-bond donors (Lipinski definition) is 0. The van der Waals surface area contributed by atoms with Gasteiger partial charge in [0, 0.05) is 28.3 Å². The minimum Gasteiger partial charge on any atom is -0.310 e. The summed E-state index contributed by atoms with van der Waals surface area (Å²) in [5.41, 5.74) is 10.2. The molecule has 0 unspecified atom stereocenters. The SMILES string of the molecule is CC(C)(C)c1cc(N(c2ccccc2)c2ccccc2)c(-c2ccccc2)c(N(c2ccccc2)c2ccccc2)c1. The number of anilines is 6. The van der Waals surface area contributed by atoms with Crippen molar-refractivity contribution in [1.82, 2.24) is 0 Å². The Labute approximate surface area is 250 Å². The quantitative estimate of drug-likeness (QED) is 0.197. The monoisotopic (exact) mass is 544 g/mol. The third-order valence-corrected chi connectivity index (χ3v) is 7.56. The zero-order chi connectivity index (χ0) is 28.9. The lowest BCUT2D eigenvalue weighted by Crippen LogP contribution is -2.19. The second-order valence-corrected chi connectivity index (χ2v) is 11.5. The number of para-hydroxylation sites is 4. The first kappa shape index (κ1) is 27.1. The molecule has 0 saturated carbocycles. The molecule has 0 amide bonds. The topological polar surface area (TPSA) is 6.48 Å². The Bertz CT molecular complexity index is 1540. The molecule has 0 fully saturated rings. The number of rotatable bonds is 7. The largest absolute Gasteiger partial charge is 0.310 e. The van der Waals surface area contributed by atoms with Crippen molar-refractivity contribution in [3.63, 3.8) is 0 Å². The highest BCUT2D eigenvalue weighted by Gasteiger charge is 2.27. The van der Waals surface area contributed by atoms with Crippen LogP contribution in [-0.4, -0.2) is 0 Å². The van der Waals surface area contributed by atoms with Crippen LogP contribution in [-0.2, 0) is 5.41 Å². The van der Waals surface area contributed by atoms with Crippen LogP contribution in [0, 0.1) is 0 Å². The van der Waals surface area contributed by atoms with Gasteiger partial charge >= 0.3 is 0 Å². The average molecular weight is 545 g/mol. The molecular weight excluding hydrogens is 508 g/mol. The molecule has 6 aromatic carbocycles.